The third kappa shape index (κ3) is 3.77. The molecule has 0 amide bonds. The van der Waals surface area contributed by atoms with E-state index in [4.69, 9.17) is 21.1 Å². The molecule has 1 aromatic heterocycles. The maximum atomic E-state index is 10.7. The molecule has 0 aliphatic carbocycles. The zero-order valence-corrected chi connectivity index (χ0v) is 9.97. The summed E-state index contributed by atoms with van der Waals surface area (Å²) in [6, 6.07) is 0. The van der Waals surface area contributed by atoms with E-state index in [1.807, 2.05) is 0 Å². The Balaban J connectivity index is 2.81. The molecule has 1 rings (SSSR count). The summed E-state index contributed by atoms with van der Waals surface area (Å²) < 4.78 is 9.84. The Morgan fingerprint density at radius 1 is 1.59 bits per heavy atom. The molecule has 0 saturated carbocycles. The Morgan fingerprint density at radius 2 is 2.24 bits per heavy atom. The highest BCUT2D eigenvalue weighted by atomic mass is 35.5. The van der Waals surface area contributed by atoms with Crippen molar-refractivity contribution in [3.8, 4) is 0 Å². The van der Waals surface area contributed by atoms with E-state index in [9.17, 15) is 10.1 Å². The fraction of sp³-hybridized carbons (Fsp3) is 0.500. The zero-order valence-electron chi connectivity index (χ0n) is 9.21. The van der Waals surface area contributed by atoms with Crippen LogP contribution >= 0.6 is 11.6 Å². The minimum absolute atomic E-state index is 0.0223. The molecule has 0 aliphatic rings. The van der Waals surface area contributed by atoms with E-state index in [0.717, 1.165) is 6.20 Å². The summed E-state index contributed by atoms with van der Waals surface area (Å²) >= 11 is 5.56. The molecule has 0 radical (unpaired) electrons. The lowest BCUT2D eigenvalue weighted by Crippen LogP contribution is -2.24. The number of hydrogen-bond donors (Lipinski definition) is 1. The quantitative estimate of drug-likeness (QED) is 0.354. The molecule has 0 spiro atoms. The first-order chi connectivity index (χ1) is 8.08. The highest BCUT2D eigenvalue weighted by Gasteiger charge is 2.17. The second-order valence-electron chi connectivity index (χ2n) is 2.91. The minimum atomic E-state index is -0.604. The Hall–Kier alpha value is -1.51. The van der Waals surface area contributed by atoms with Crippen LogP contribution in [0.3, 0.4) is 0 Å². The first kappa shape index (κ1) is 13.6. The van der Waals surface area contributed by atoms with Gasteiger partial charge in [-0.05, 0) is 11.6 Å². The molecule has 1 aromatic rings. The molecule has 17 heavy (non-hydrogen) atoms. The van der Waals surface area contributed by atoms with Crippen molar-refractivity contribution in [3.05, 3.63) is 21.6 Å². The summed E-state index contributed by atoms with van der Waals surface area (Å²) in [7, 11) is 2.91. The lowest BCUT2D eigenvalue weighted by atomic mass is 10.4. The van der Waals surface area contributed by atoms with E-state index >= 15 is 0 Å². The number of hydrogen-bond acceptors (Lipinski definition) is 7. The van der Waals surface area contributed by atoms with Gasteiger partial charge in [0.2, 0.25) is 11.1 Å². The molecule has 0 bridgehead atoms. The molecule has 1 heterocycles. The van der Waals surface area contributed by atoms with Crippen molar-refractivity contribution in [1.82, 2.24) is 9.97 Å². The lowest BCUT2D eigenvalue weighted by molar-refractivity contribution is -0.384. The summed E-state index contributed by atoms with van der Waals surface area (Å²) in [5.41, 5.74) is -0.264. The first-order valence-corrected chi connectivity index (χ1v) is 4.92. The molecule has 0 unspecified atom stereocenters. The van der Waals surface area contributed by atoms with Crippen LogP contribution in [0.2, 0.25) is 5.28 Å². The van der Waals surface area contributed by atoms with Crippen LogP contribution < -0.4 is 5.32 Å². The summed E-state index contributed by atoms with van der Waals surface area (Å²) in [4.78, 5) is 17.4. The van der Waals surface area contributed by atoms with Crippen LogP contribution in [-0.2, 0) is 9.47 Å². The maximum absolute atomic E-state index is 10.7. The standard InChI is InChI=1S/C8H11ClN4O4/c1-16-6(17-2)4-10-7-5(13(14)15)3-11-8(9)12-7/h3,6H,4H2,1-2H3,(H,10,11,12). The number of nitro groups is 1. The molecule has 8 nitrogen and oxygen atoms in total. The number of nitrogens with one attached hydrogen (secondary N) is 1. The molecule has 9 heteroatoms. The van der Waals surface area contributed by atoms with E-state index in [0.29, 0.717) is 0 Å². The molecule has 0 aliphatic heterocycles. The van der Waals surface area contributed by atoms with Crippen molar-refractivity contribution in [3.63, 3.8) is 0 Å². The van der Waals surface area contributed by atoms with Crippen molar-refractivity contribution < 1.29 is 14.4 Å². The molecule has 94 valence electrons. The predicted molar refractivity (Wildman–Crippen MR) is 60.0 cm³/mol. The van der Waals surface area contributed by atoms with Crippen molar-refractivity contribution in [1.29, 1.82) is 0 Å². The average Bonchev–Trinajstić information content (AvgIpc) is 2.30. The number of ether oxygens (including phenoxy) is 2. The van der Waals surface area contributed by atoms with Crippen LogP contribution in [0, 0.1) is 10.1 Å². The maximum Gasteiger partial charge on any atom is 0.329 e. The SMILES string of the molecule is COC(CNc1nc(Cl)ncc1[N+](=O)[O-])OC. The van der Waals surface area contributed by atoms with Crippen LogP contribution in [0.4, 0.5) is 11.5 Å². The summed E-state index contributed by atoms with van der Waals surface area (Å²) in [5, 5.41) is 13.3. The highest BCUT2D eigenvalue weighted by Crippen LogP contribution is 2.21. The van der Waals surface area contributed by atoms with Gasteiger partial charge in [-0.15, -0.1) is 0 Å². The molecular weight excluding hydrogens is 252 g/mol. The smallest absolute Gasteiger partial charge is 0.329 e. The fourth-order valence-corrected chi connectivity index (χ4v) is 1.19. The van der Waals surface area contributed by atoms with Gasteiger partial charge in [0.25, 0.3) is 0 Å². The second kappa shape index (κ2) is 6.28. The Morgan fingerprint density at radius 3 is 2.76 bits per heavy atom. The molecule has 0 fully saturated rings. The fourth-order valence-electron chi connectivity index (χ4n) is 1.06. The van der Waals surface area contributed by atoms with Gasteiger partial charge in [0, 0.05) is 14.2 Å². The van der Waals surface area contributed by atoms with Gasteiger partial charge in [-0.3, -0.25) is 10.1 Å². The average molecular weight is 263 g/mol. The molecule has 0 aromatic carbocycles. The van der Waals surface area contributed by atoms with E-state index in [1.54, 1.807) is 0 Å². The number of anilines is 1. The number of aromatic nitrogens is 2. The number of halogens is 1. The summed E-state index contributed by atoms with van der Waals surface area (Å²) in [5.74, 6) is 0.0223. The molecule has 0 atom stereocenters. The second-order valence-corrected chi connectivity index (χ2v) is 3.25. The van der Waals surface area contributed by atoms with Crippen molar-refractivity contribution in [2.75, 3.05) is 26.1 Å². The van der Waals surface area contributed by atoms with Crippen molar-refractivity contribution in [2.24, 2.45) is 0 Å². The molecule has 1 N–H and O–H groups in total. The van der Waals surface area contributed by atoms with Gasteiger partial charge in [-0.2, -0.15) is 4.98 Å². The summed E-state index contributed by atoms with van der Waals surface area (Å²) in [6.07, 6.45) is 0.495. The van der Waals surface area contributed by atoms with Crippen LogP contribution in [-0.4, -0.2) is 41.9 Å². The van der Waals surface area contributed by atoms with Crippen LogP contribution in [0.25, 0.3) is 0 Å². The number of nitrogens with zero attached hydrogens (tertiary/aromatic N) is 3. The minimum Gasteiger partial charge on any atom is -0.359 e. The van der Waals surface area contributed by atoms with E-state index in [2.05, 4.69) is 15.3 Å². The van der Waals surface area contributed by atoms with Gasteiger partial charge in [0.1, 0.15) is 6.20 Å². The topological polar surface area (TPSA) is 99.4 Å². The van der Waals surface area contributed by atoms with Crippen LogP contribution in [0.5, 0.6) is 0 Å². The zero-order chi connectivity index (χ0) is 12.8. The van der Waals surface area contributed by atoms with Gasteiger partial charge < -0.3 is 14.8 Å². The number of methoxy groups -OCH3 is 2. The predicted octanol–water partition coefficient (Wildman–Crippen LogP) is 1.07. The van der Waals surface area contributed by atoms with Crippen molar-refractivity contribution in [2.45, 2.75) is 6.29 Å². The van der Waals surface area contributed by atoms with E-state index < -0.39 is 11.2 Å². The van der Waals surface area contributed by atoms with Crippen LogP contribution in [0.1, 0.15) is 0 Å². The monoisotopic (exact) mass is 262 g/mol. The van der Waals surface area contributed by atoms with Gasteiger partial charge in [-0.25, -0.2) is 4.98 Å². The van der Waals surface area contributed by atoms with Crippen molar-refractivity contribution >= 4 is 23.1 Å². The number of rotatable bonds is 6. The van der Waals surface area contributed by atoms with Gasteiger partial charge in [-0.1, -0.05) is 0 Å². The third-order valence-corrected chi connectivity index (χ3v) is 2.08. The van der Waals surface area contributed by atoms with Gasteiger partial charge in [0.15, 0.2) is 6.29 Å². The van der Waals surface area contributed by atoms with Gasteiger partial charge >= 0.3 is 5.69 Å². The van der Waals surface area contributed by atoms with E-state index in [1.165, 1.54) is 14.2 Å². The normalized spacial score (nSPS) is 10.6. The largest absolute Gasteiger partial charge is 0.359 e. The third-order valence-electron chi connectivity index (χ3n) is 1.90. The Labute approximate surface area is 102 Å². The van der Waals surface area contributed by atoms with E-state index in [-0.39, 0.29) is 23.3 Å². The van der Waals surface area contributed by atoms with Gasteiger partial charge in [0.05, 0.1) is 11.5 Å². The highest BCUT2D eigenvalue weighted by molar-refractivity contribution is 6.28. The first-order valence-electron chi connectivity index (χ1n) is 4.55. The lowest BCUT2D eigenvalue weighted by Gasteiger charge is -2.14. The van der Waals surface area contributed by atoms with Crippen LogP contribution in [0.15, 0.2) is 6.20 Å². The molecule has 0 saturated heterocycles. The summed E-state index contributed by atoms with van der Waals surface area (Å²) in [6.45, 7) is 0.196. The Kier molecular flexibility index (Phi) is 5.01. The Bertz CT molecular complexity index is 399. The molecular formula is C8H11ClN4O4.